The van der Waals surface area contributed by atoms with Crippen molar-refractivity contribution in [3.8, 4) is 5.75 Å². The van der Waals surface area contributed by atoms with Gasteiger partial charge in [0.05, 0.1) is 7.11 Å². The van der Waals surface area contributed by atoms with Crippen LogP contribution in [0.5, 0.6) is 5.75 Å². The van der Waals surface area contributed by atoms with Gasteiger partial charge >= 0.3 is 6.03 Å². The Bertz CT molecular complexity index is 695. The number of nitrogens with one attached hydrogen (secondary N) is 2. The molecule has 134 valence electrons. The van der Waals surface area contributed by atoms with Gasteiger partial charge in [-0.05, 0) is 62.2 Å². The molecule has 0 spiro atoms. The largest absolute Gasteiger partial charge is 0.497 e. The van der Waals surface area contributed by atoms with Crippen LogP contribution >= 0.6 is 0 Å². The van der Waals surface area contributed by atoms with Crippen molar-refractivity contribution in [3.63, 3.8) is 0 Å². The Balaban J connectivity index is 1.93. The van der Waals surface area contributed by atoms with Gasteiger partial charge in [0.25, 0.3) is 0 Å². The van der Waals surface area contributed by atoms with Gasteiger partial charge in [0, 0.05) is 31.0 Å². The highest BCUT2D eigenvalue weighted by atomic mass is 16.5. The fourth-order valence-corrected chi connectivity index (χ4v) is 2.67. The zero-order valence-electron chi connectivity index (χ0n) is 15.4. The Morgan fingerprint density at radius 3 is 2.32 bits per heavy atom. The van der Waals surface area contributed by atoms with Crippen molar-refractivity contribution in [2.75, 3.05) is 30.4 Å². The Morgan fingerprint density at radius 1 is 1.08 bits per heavy atom. The maximum absolute atomic E-state index is 12.1. The highest BCUT2D eigenvalue weighted by molar-refractivity contribution is 5.90. The third-order valence-electron chi connectivity index (χ3n) is 4.20. The predicted octanol–water partition coefficient (Wildman–Crippen LogP) is 4.17. The summed E-state index contributed by atoms with van der Waals surface area (Å²) in [5.74, 6) is 0.803. The molecular formula is C20H27N3O2. The molecule has 2 amide bonds. The summed E-state index contributed by atoms with van der Waals surface area (Å²) in [6, 6.07) is 13.5. The second kappa shape index (κ2) is 8.97. The molecule has 5 nitrogen and oxygen atoms in total. The topological polar surface area (TPSA) is 53.6 Å². The molecule has 2 aromatic rings. The molecule has 0 aliphatic rings. The van der Waals surface area contributed by atoms with E-state index in [2.05, 4.69) is 35.4 Å². The summed E-state index contributed by atoms with van der Waals surface area (Å²) in [5.41, 5.74) is 4.06. The lowest BCUT2D eigenvalue weighted by molar-refractivity contribution is 0.251. The standard InChI is InChI=1S/C20H27N3O2/c1-5-23(6-2)17-9-12-19(15(3)13-17)22-20(24)21-14-16-7-10-18(25-4)11-8-16/h7-13H,5-6,14H2,1-4H3,(H2,21,22,24). The summed E-state index contributed by atoms with van der Waals surface area (Å²) in [7, 11) is 1.63. The minimum absolute atomic E-state index is 0.213. The molecule has 5 heteroatoms. The van der Waals surface area contributed by atoms with E-state index in [4.69, 9.17) is 4.74 Å². The molecule has 0 saturated heterocycles. The van der Waals surface area contributed by atoms with Crippen LogP contribution in [0.2, 0.25) is 0 Å². The Kier molecular flexibility index (Phi) is 6.69. The average molecular weight is 341 g/mol. The molecular weight excluding hydrogens is 314 g/mol. The monoisotopic (exact) mass is 341 g/mol. The molecule has 0 unspecified atom stereocenters. The van der Waals surface area contributed by atoms with Crippen LogP contribution in [0.15, 0.2) is 42.5 Å². The van der Waals surface area contributed by atoms with Crippen LogP contribution in [-0.2, 0) is 6.54 Å². The number of methoxy groups -OCH3 is 1. The predicted molar refractivity (Wildman–Crippen MR) is 104 cm³/mol. The first kappa shape index (κ1) is 18.6. The van der Waals surface area contributed by atoms with Crippen molar-refractivity contribution in [2.24, 2.45) is 0 Å². The number of urea groups is 1. The first-order valence-corrected chi connectivity index (χ1v) is 8.60. The van der Waals surface area contributed by atoms with E-state index in [9.17, 15) is 4.79 Å². The molecule has 0 aliphatic heterocycles. The molecule has 25 heavy (non-hydrogen) atoms. The molecule has 0 heterocycles. The van der Waals surface area contributed by atoms with E-state index in [1.165, 1.54) is 5.69 Å². The number of hydrogen-bond donors (Lipinski definition) is 2. The van der Waals surface area contributed by atoms with E-state index < -0.39 is 0 Å². The van der Waals surface area contributed by atoms with Crippen LogP contribution in [0.3, 0.4) is 0 Å². The number of carbonyl (C=O) groups is 1. The van der Waals surface area contributed by atoms with Gasteiger partial charge in [0.15, 0.2) is 0 Å². The molecule has 0 atom stereocenters. The summed E-state index contributed by atoms with van der Waals surface area (Å²) in [5, 5.41) is 5.78. The van der Waals surface area contributed by atoms with Gasteiger partial charge in [-0.25, -0.2) is 4.79 Å². The second-order valence-electron chi connectivity index (χ2n) is 5.83. The molecule has 2 rings (SSSR count). The zero-order chi connectivity index (χ0) is 18.2. The second-order valence-corrected chi connectivity index (χ2v) is 5.83. The van der Waals surface area contributed by atoms with E-state index in [0.717, 1.165) is 35.7 Å². The summed E-state index contributed by atoms with van der Waals surface area (Å²) < 4.78 is 5.13. The molecule has 2 N–H and O–H groups in total. The molecule has 0 radical (unpaired) electrons. The third kappa shape index (κ3) is 5.14. The Hall–Kier alpha value is -2.69. The lowest BCUT2D eigenvalue weighted by Gasteiger charge is -2.22. The number of ether oxygens (including phenoxy) is 1. The van der Waals surface area contributed by atoms with Crippen molar-refractivity contribution >= 4 is 17.4 Å². The van der Waals surface area contributed by atoms with Gasteiger partial charge in [-0.3, -0.25) is 0 Å². The van der Waals surface area contributed by atoms with Crippen molar-refractivity contribution < 1.29 is 9.53 Å². The lowest BCUT2D eigenvalue weighted by atomic mass is 10.1. The van der Waals surface area contributed by atoms with Crippen LogP contribution in [-0.4, -0.2) is 26.2 Å². The maximum Gasteiger partial charge on any atom is 0.319 e. The van der Waals surface area contributed by atoms with Crippen LogP contribution < -0.4 is 20.3 Å². The van der Waals surface area contributed by atoms with E-state index in [-0.39, 0.29) is 6.03 Å². The normalized spacial score (nSPS) is 10.2. The van der Waals surface area contributed by atoms with Gasteiger partial charge in [0.1, 0.15) is 5.75 Å². The molecule has 0 bridgehead atoms. The van der Waals surface area contributed by atoms with Gasteiger partial charge < -0.3 is 20.3 Å². The number of benzene rings is 2. The van der Waals surface area contributed by atoms with Crippen molar-refractivity contribution in [3.05, 3.63) is 53.6 Å². The molecule has 0 fully saturated rings. The lowest BCUT2D eigenvalue weighted by Crippen LogP contribution is -2.28. The number of carbonyl (C=O) groups excluding carboxylic acids is 1. The number of hydrogen-bond acceptors (Lipinski definition) is 3. The van der Waals surface area contributed by atoms with E-state index in [1.54, 1.807) is 7.11 Å². The molecule has 0 aromatic heterocycles. The minimum Gasteiger partial charge on any atom is -0.497 e. The smallest absolute Gasteiger partial charge is 0.319 e. The van der Waals surface area contributed by atoms with Crippen LogP contribution in [0, 0.1) is 6.92 Å². The number of aryl methyl sites for hydroxylation is 1. The average Bonchev–Trinajstić information content (AvgIpc) is 2.63. The van der Waals surface area contributed by atoms with Gasteiger partial charge in [0.2, 0.25) is 0 Å². The molecule has 0 saturated carbocycles. The highest BCUT2D eigenvalue weighted by Gasteiger charge is 2.08. The van der Waals surface area contributed by atoms with Gasteiger partial charge in [-0.2, -0.15) is 0 Å². The Morgan fingerprint density at radius 2 is 1.76 bits per heavy atom. The zero-order valence-corrected chi connectivity index (χ0v) is 15.4. The van der Waals surface area contributed by atoms with Crippen molar-refractivity contribution in [1.82, 2.24) is 5.32 Å². The first-order chi connectivity index (χ1) is 12.1. The van der Waals surface area contributed by atoms with E-state index >= 15 is 0 Å². The summed E-state index contributed by atoms with van der Waals surface area (Å²) in [4.78, 5) is 14.4. The number of nitrogens with zero attached hydrogens (tertiary/aromatic N) is 1. The minimum atomic E-state index is -0.213. The van der Waals surface area contributed by atoms with Crippen molar-refractivity contribution in [2.45, 2.75) is 27.3 Å². The Labute approximate surface area is 150 Å². The van der Waals surface area contributed by atoms with Gasteiger partial charge in [-0.1, -0.05) is 12.1 Å². The number of rotatable bonds is 7. The molecule has 2 aromatic carbocycles. The van der Waals surface area contributed by atoms with E-state index in [0.29, 0.717) is 6.54 Å². The summed E-state index contributed by atoms with van der Waals surface area (Å²) >= 11 is 0. The highest BCUT2D eigenvalue weighted by Crippen LogP contribution is 2.22. The van der Waals surface area contributed by atoms with Crippen LogP contribution in [0.1, 0.15) is 25.0 Å². The van der Waals surface area contributed by atoms with Crippen LogP contribution in [0.4, 0.5) is 16.2 Å². The quantitative estimate of drug-likeness (QED) is 0.795. The SMILES string of the molecule is CCN(CC)c1ccc(NC(=O)NCc2ccc(OC)cc2)c(C)c1. The third-order valence-corrected chi connectivity index (χ3v) is 4.20. The van der Waals surface area contributed by atoms with Gasteiger partial charge in [-0.15, -0.1) is 0 Å². The number of anilines is 2. The fourth-order valence-electron chi connectivity index (χ4n) is 2.67. The fraction of sp³-hybridized carbons (Fsp3) is 0.350. The first-order valence-electron chi connectivity index (χ1n) is 8.60. The maximum atomic E-state index is 12.1. The van der Waals surface area contributed by atoms with Crippen LogP contribution in [0.25, 0.3) is 0 Å². The summed E-state index contributed by atoms with van der Waals surface area (Å²) in [6.07, 6.45) is 0. The number of amides is 2. The molecule has 0 aliphatic carbocycles. The van der Waals surface area contributed by atoms with Crippen molar-refractivity contribution in [1.29, 1.82) is 0 Å². The van der Waals surface area contributed by atoms with E-state index in [1.807, 2.05) is 43.3 Å². The summed E-state index contributed by atoms with van der Waals surface area (Å²) in [6.45, 7) is 8.67.